The Morgan fingerprint density at radius 3 is 3.20 bits per heavy atom. The molecule has 1 atom stereocenters. The van der Waals surface area contributed by atoms with E-state index in [4.69, 9.17) is 5.73 Å². The van der Waals surface area contributed by atoms with Crippen LogP contribution >= 0.6 is 27.7 Å². The van der Waals surface area contributed by atoms with Crippen LogP contribution in [-0.2, 0) is 0 Å². The third-order valence-electron chi connectivity index (χ3n) is 2.34. The number of anilines is 2. The van der Waals surface area contributed by atoms with E-state index in [1.807, 2.05) is 11.8 Å². The van der Waals surface area contributed by atoms with E-state index >= 15 is 0 Å². The Kier molecular flexibility index (Phi) is 3.69. The number of aromatic nitrogens is 2. The molecule has 82 valence electrons. The van der Waals surface area contributed by atoms with Crippen LogP contribution in [0.15, 0.2) is 10.8 Å². The van der Waals surface area contributed by atoms with Crippen LogP contribution in [-0.4, -0.2) is 27.5 Å². The van der Waals surface area contributed by atoms with Gasteiger partial charge in [-0.15, -0.1) is 0 Å². The van der Waals surface area contributed by atoms with Gasteiger partial charge in [-0.05, 0) is 34.5 Å². The van der Waals surface area contributed by atoms with Crippen LogP contribution in [0.3, 0.4) is 0 Å². The van der Waals surface area contributed by atoms with Gasteiger partial charge in [0.15, 0.2) is 0 Å². The summed E-state index contributed by atoms with van der Waals surface area (Å²) < 4.78 is 0.757. The second-order valence-electron chi connectivity index (χ2n) is 3.44. The third-order valence-corrected chi connectivity index (χ3v) is 4.52. The van der Waals surface area contributed by atoms with Crippen LogP contribution < -0.4 is 11.1 Å². The molecule has 0 radical (unpaired) electrons. The minimum Gasteiger partial charge on any atom is -0.383 e. The highest BCUT2D eigenvalue weighted by molar-refractivity contribution is 9.10. The molecule has 0 bridgehead atoms. The monoisotopic (exact) mass is 288 g/mol. The normalized spacial score (nSPS) is 20.5. The highest BCUT2D eigenvalue weighted by atomic mass is 79.9. The van der Waals surface area contributed by atoms with Gasteiger partial charge in [-0.25, -0.2) is 9.97 Å². The molecule has 3 N–H and O–H groups in total. The van der Waals surface area contributed by atoms with Crippen molar-refractivity contribution in [2.45, 2.75) is 18.1 Å². The molecule has 0 spiro atoms. The molecule has 2 heterocycles. The molecule has 6 heteroatoms. The van der Waals surface area contributed by atoms with Gasteiger partial charge in [0.25, 0.3) is 0 Å². The van der Waals surface area contributed by atoms with Crippen LogP contribution in [0, 0.1) is 0 Å². The molecule has 0 aromatic carbocycles. The van der Waals surface area contributed by atoms with Gasteiger partial charge >= 0.3 is 0 Å². The number of nitrogens with two attached hydrogens (primary N) is 1. The molecule has 0 saturated carbocycles. The Morgan fingerprint density at radius 1 is 1.60 bits per heavy atom. The number of halogens is 1. The summed E-state index contributed by atoms with van der Waals surface area (Å²) in [5.74, 6) is 2.54. The van der Waals surface area contributed by atoms with Gasteiger partial charge < -0.3 is 11.1 Å². The van der Waals surface area contributed by atoms with Crippen molar-refractivity contribution in [2.75, 3.05) is 23.3 Å². The number of thioether (sulfide) groups is 1. The van der Waals surface area contributed by atoms with E-state index in [1.165, 1.54) is 24.9 Å². The predicted octanol–water partition coefficient (Wildman–Crippen LogP) is 2.13. The minimum atomic E-state index is 0.478. The topological polar surface area (TPSA) is 63.8 Å². The average molecular weight is 289 g/mol. The van der Waals surface area contributed by atoms with E-state index in [9.17, 15) is 0 Å². The Bertz CT molecular complexity index is 341. The van der Waals surface area contributed by atoms with Gasteiger partial charge in [-0.3, -0.25) is 0 Å². The summed E-state index contributed by atoms with van der Waals surface area (Å²) in [5, 5.41) is 4.00. The summed E-state index contributed by atoms with van der Waals surface area (Å²) in [6.07, 6.45) is 4.09. The van der Waals surface area contributed by atoms with E-state index in [0.29, 0.717) is 11.1 Å². The number of hydrogen-bond acceptors (Lipinski definition) is 5. The first kappa shape index (κ1) is 11.0. The fourth-order valence-electron chi connectivity index (χ4n) is 1.52. The summed E-state index contributed by atoms with van der Waals surface area (Å²) in [6, 6.07) is 0. The zero-order chi connectivity index (χ0) is 10.7. The zero-order valence-corrected chi connectivity index (χ0v) is 10.6. The van der Waals surface area contributed by atoms with Crippen molar-refractivity contribution in [1.82, 2.24) is 9.97 Å². The smallest absolute Gasteiger partial charge is 0.145 e. The number of rotatable bonds is 3. The highest BCUT2D eigenvalue weighted by Gasteiger charge is 2.16. The van der Waals surface area contributed by atoms with Crippen molar-refractivity contribution in [3.8, 4) is 0 Å². The summed E-state index contributed by atoms with van der Waals surface area (Å²) in [4.78, 5) is 8.04. The second kappa shape index (κ2) is 5.03. The fraction of sp³-hybridized carbons (Fsp3) is 0.556. The first-order valence-corrected chi connectivity index (χ1v) is 6.73. The van der Waals surface area contributed by atoms with Crippen molar-refractivity contribution >= 4 is 39.3 Å². The number of hydrogen-bond donors (Lipinski definition) is 2. The van der Waals surface area contributed by atoms with Crippen LogP contribution in [0.4, 0.5) is 11.6 Å². The predicted molar refractivity (Wildman–Crippen MR) is 68.1 cm³/mol. The van der Waals surface area contributed by atoms with Crippen LogP contribution in [0.1, 0.15) is 12.8 Å². The van der Waals surface area contributed by atoms with Crippen LogP contribution in [0.5, 0.6) is 0 Å². The summed E-state index contributed by atoms with van der Waals surface area (Å²) in [6.45, 7) is 0.944. The Labute approximate surface area is 102 Å². The minimum absolute atomic E-state index is 0.478. The van der Waals surface area contributed by atoms with E-state index in [-0.39, 0.29) is 0 Å². The van der Waals surface area contributed by atoms with Crippen molar-refractivity contribution in [3.63, 3.8) is 0 Å². The van der Waals surface area contributed by atoms with E-state index in [0.717, 1.165) is 16.8 Å². The Morgan fingerprint density at radius 2 is 2.47 bits per heavy atom. The molecule has 1 fully saturated rings. The molecular weight excluding hydrogens is 276 g/mol. The van der Waals surface area contributed by atoms with Crippen molar-refractivity contribution in [1.29, 1.82) is 0 Å². The third kappa shape index (κ3) is 2.75. The van der Waals surface area contributed by atoms with Gasteiger partial charge in [0.2, 0.25) is 0 Å². The largest absolute Gasteiger partial charge is 0.383 e. The molecule has 1 aliphatic heterocycles. The molecule has 15 heavy (non-hydrogen) atoms. The number of nitrogens with zero attached hydrogens (tertiary/aromatic N) is 2. The molecule has 1 saturated heterocycles. The van der Waals surface area contributed by atoms with E-state index in [1.54, 1.807) is 0 Å². The van der Waals surface area contributed by atoms with Crippen molar-refractivity contribution < 1.29 is 0 Å². The van der Waals surface area contributed by atoms with Gasteiger partial charge in [-0.2, -0.15) is 11.8 Å². The molecule has 1 aromatic heterocycles. The Hall–Kier alpha value is -0.490. The zero-order valence-electron chi connectivity index (χ0n) is 8.24. The van der Waals surface area contributed by atoms with Gasteiger partial charge in [-0.1, -0.05) is 0 Å². The maximum atomic E-state index is 5.66. The van der Waals surface area contributed by atoms with Gasteiger partial charge in [0.1, 0.15) is 22.4 Å². The highest BCUT2D eigenvalue weighted by Crippen LogP contribution is 2.28. The van der Waals surface area contributed by atoms with Crippen molar-refractivity contribution in [3.05, 3.63) is 10.8 Å². The molecule has 0 amide bonds. The number of nitrogens with one attached hydrogen (secondary N) is 1. The average Bonchev–Trinajstić information content (AvgIpc) is 2.73. The standard InChI is InChI=1S/C9H13BrN4S/c10-7-8(11)13-5-14-9(7)12-4-6-2-1-3-15-6/h5-6H,1-4H2,(H3,11,12,13,14). The van der Waals surface area contributed by atoms with Crippen LogP contribution in [0.2, 0.25) is 0 Å². The molecule has 4 nitrogen and oxygen atoms in total. The lowest BCUT2D eigenvalue weighted by molar-refractivity contribution is 0.803. The Balaban J connectivity index is 1.95. The molecule has 1 unspecified atom stereocenters. The molecule has 1 aliphatic rings. The maximum absolute atomic E-state index is 5.66. The fourth-order valence-corrected chi connectivity index (χ4v) is 3.07. The number of nitrogen functional groups attached to an aromatic ring is 1. The van der Waals surface area contributed by atoms with Gasteiger partial charge in [0, 0.05) is 11.8 Å². The molecular formula is C9H13BrN4S. The quantitative estimate of drug-likeness (QED) is 0.892. The first-order valence-electron chi connectivity index (χ1n) is 4.89. The SMILES string of the molecule is Nc1ncnc(NCC2CCCS2)c1Br. The summed E-state index contributed by atoms with van der Waals surface area (Å²) in [5.41, 5.74) is 5.66. The first-order chi connectivity index (χ1) is 7.27. The summed E-state index contributed by atoms with van der Waals surface area (Å²) >= 11 is 5.39. The molecule has 2 rings (SSSR count). The lowest BCUT2D eigenvalue weighted by atomic mass is 10.2. The lowest BCUT2D eigenvalue weighted by Crippen LogP contribution is -2.15. The second-order valence-corrected chi connectivity index (χ2v) is 5.64. The van der Waals surface area contributed by atoms with E-state index < -0.39 is 0 Å². The van der Waals surface area contributed by atoms with Gasteiger partial charge in [0.05, 0.1) is 0 Å². The molecule has 1 aromatic rings. The summed E-state index contributed by atoms with van der Waals surface area (Å²) in [7, 11) is 0. The lowest BCUT2D eigenvalue weighted by Gasteiger charge is -2.11. The maximum Gasteiger partial charge on any atom is 0.145 e. The van der Waals surface area contributed by atoms with Crippen LogP contribution in [0.25, 0.3) is 0 Å². The van der Waals surface area contributed by atoms with Crippen molar-refractivity contribution in [2.24, 2.45) is 0 Å². The van der Waals surface area contributed by atoms with E-state index in [2.05, 4.69) is 31.2 Å². The molecule has 0 aliphatic carbocycles.